The number of nitrogens with one attached hydrogen (secondary N) is 2. The van der Waals surface area contributed by atoms with Crippen LogP contribution in [0, 0.1) is 0 Å². The monoisotopic (exact) mass is 449 g/mol. The van der Waals surface area contributed by atoms with Gasteiger partial charge in [0.2, 0.25) is 5.96 Å². The number of aliphatic imine (C=N–C) groups is 1. The minimum absolute atomic E-state index is 0.0236. The SMILES string of the molecule is O=S1(=O)NC(=NCc2ccc(OC(F)(F)F)cc2)Nc2ccc(Br)cc21. The Morgan fingerprint density at radius 1 is 1.12 bits per heavy atom. The van der Waals surface area contributed by atoms with Crippen LogP contribution in [0.15, 0.2) is 56.8 Å². The van der Waals surface area contributed by atoms with Gasteiger partial charge in [0.25, 0.3) is 10.0 Å². The molecular weight excluding hydrogens is 439 g/mol. The van der Waals surface area contributed by atoms with E-state index in [0.717, 1.165) is 12.1 Å². The van der Waals surface area contributed by atoms with Gasteiger partial charge >= 0.3 is 6.36 Å². The van der Waals surface area contributed by atoms with Crippen molar-refractivity contribution in [1.29, 1.82) is 0 Å². The number of anilines is 1. The fourth-order valence-electron chi connectivity index (χ4n) is 2.20. The fraction of sp³-hybridized carbons (Fsp3) is 0.133. The smallest absolute Gasteiger partial charge is 0.406 e. The van der Waals surface area contributed by atoms with Gasteiger partial charge in [-0.05, 0) is 35.9 Å². The first-order chi connectivity index (χ1) is 12.1. The van der Waals surface area contributed by atoms with E-state index in [0.29, 0.717) is 15.7 Å². The van der Waals surface area contributed by atoms with Crippen molar-refractivity contribution in [3.8, 4) is 5.75 Å². The van der Waals surface area contributed by atoms with Crippen molar-refractivity contribution < 1.29 is 26.3 Å². The van der Waals surface area contributed by atoms with E-state index in [1.54, 1.807) is 12.1 Å². The maximum atomic E-state index is 12.2. The normalized spacial score (nSPS) is 17.2. The lowest BCUT2D eigenvalue weighted by Crippen LogP contribution is -2.40. The summed E-state index contributed by atoms with van der Waals surface area (Å²) < 4.78 is 67.6. The van der Waals surface area contributed by atoms with Gasteiger partial charge in [0.1, 0.15) is 10.6 Å². The van der Waals surface area contributed by atoms with Crippen LogP contribution in [0.2, 0.25) is 0 Å². The number of hydrogen-bond acceptors (Lipinski definition) is 4. The lowest BCUT2D eigenvalue weighted by molar-refractivity contribution is -0.274. The third-order valence-electron chi connectivity index (χ3n) is 3.29. The molecule has 138 valence electrons. The van der Waals surface area contributed by atoms with Crippen molar-refractivity contribution in [2.45, 2.75) is 17.8 Å². The number of guanidine groups is 1. The summed E-state index contributed by atoms with van der Waals surface area (Å²) in [5, 5.41) is 2.86. The molecule has 2 N–H and O–H groups in total. The number of fused-ring (bicyclic) bond motifs is 1. The zero-order valence-corrected chi connectivity index (χ0v) is 15.2. The number of halogens is 4. The van der Waals surface area contributed by atoms with E-state index in [9.17, 15) is 21.6 Å². The molecular formula is C15H11BrF3N3O3S. The number of benzene rings is 2. The summed E-state index contributed by atoms with van der Waals surface area (Å²) in [6.07, 6.45) is -4.76. The van der Waals surface area contributed by atoms with Crippen molar-refractivity contribution in [3.63, 3.8) is 0 Å². The highest BCUT2D eigenvalue weighted by Crippen LogP contribution is 2.28. The van der Waals surface area contributed by atoms with Gasteiger partial charge in [-0.25, -0.2) is 18.1 Å². The summed E-state index contributed by atoms with van der Waals surface area (Å²) in [6, 6.07) is 9.88. The van der Waals surface area contributed by atoms with Crippen LogP contribution in [0.5, 0.6) is 5.75 Å². The molecule has 0 atom stereocenters. The average molecular weight is 450 g/mol. The molecule has 0 unspecified atom stereocenters. The molecule has 6 nitrogen and oxygen atoms in total. The lowest BCUT2D eigenvalue weighted by Gasteiger charge is -2.21. The molecule has 0 bridgehead atoms. The first-order valence-electron chi connectivity index (χ1n) is 7.11. The van der Waals surface area contributed by atoms with Crippen molar-refractivity contribution in [3.05, 3.63) is 52.5 Å². The molecule has 0 saturated heterocycles. The van der Waals surface area contributed by atoms with E-state index in [1.807, 2.05) is 0 Å². The van der Waals surface area contributed by atoms with Crippen molar-refractivity contribution in [1.82, 2.24) is 4.72 Å². The Morgan fingerprint density at radius 3 is 2.46 bits per heavy atom. The first kappa shape index (κ1) is 18.5. The molecule has 0 amide bonds. The van der Waals surface area contributed by atoms with Crippen molar-refractivity contribution >= 4 is 37.6 Å². The highest BCUT2D eigenvalue weighted by atomic mass is 79.9. The number of hydrogen-bond donors (Lipinski definition) is 2. The van der Waals surface area contributed by atoms with Gasteiger partial charge in [-0.15, -0.1) is 13.2 Å². The predicted molar refractivity (Wildman–Crippen MR) is 92.4 cm³/mol. The summed E-state index contributed by atoms with van der Waals surface area (Å²) in [5.74, 6) is -0.319. The second-order valence-corrected chi connectivity index (χ2v) is 7.79. The van der Waals surface area contributed by atoms with Gasteiger partial charge < -0.3 is 10.1 Å². The van der Waals surface area contributed by atoms with Gasteiger partial charge in [-0.1, -0.05) is 28.1 Å². The van der Waals surface area contributed by atoms with Crippen LogP contribution in [0.25, 0.3) is 0 Å². The summed E-state index contributed by atoms with van der Waals surface area (Å²) >= 11 is 3.21. The molecule has 11 heteroatoms. The minimum Gasteiger partial charge on any atom is -0.406 e. The highest BCUT2D eigenvalue weighted by molar-refractivity contribution is 9.10. The van der Waals surface area contributed by atoms with Gasteiger partial charge in [0.05, 0.1) is 12.2 Å². The molecule has 0 aromatic heterocycles. The standard InChI is InChI=1S/C15H11BrF3N3O3S/c16-10-3-6-12-13(7-10)26(23,24)22-14(21-12)20-8-9-1-4-11(5-2-9)25-15(17,18)19/h1-7H,8H2,(H2,20,21,22). The van der Waals surface area contributed by atoms with Crippen LogP contribution in [-0.4, -0.2) is 20.7 Å². The van der Waals surface area contributed by atoms with Crippen LogP contribution in [0.3, 0.4) is 0 Å². The van der Waals surface area contributed by atoms with Crippen LogP contribution in [0.4, 0.5) is 18.9 Å². The third-order valence-corrected chi connectivity index (χ3v) is 5.17. The molecule has 2 aromatic carbocycles. The van der Waals surface area contributed by atoms with Crippen LogP contribution in [-0.2, 0) is 16.6 Å². The minimum atomic E-state index is -4.76. The maximum Gasteiger partial charge on any atom is 0.573 e. The Morgan fingerprint density at radius 2 is 1.81 bits per heavy atom. The molecule has 0 radical (unpaired) electrons. The number of sulfonamides is 1. The number of ether oxygens (including phenoxy) is 1. The van der Waals surface area contributed by atoms with Crippen LogP contribution < -0.4 is 14.8 Å². The van der Waals surface area contributed by atoms with E-state index in [1.165, 1.54) is 18.2 Å². The Labute approximate surface area is 155 Å². The Balaban J connectivity index is 1.74. The number of alkyl halides is 3. The van der Waals surface area contributed by atoms with Crippen molar-refractivity contribution in [2.75, 3.05) is 5.32 Å². The average Bonchev–Trinajstić information content (AvgIpc) is 2.53. The van der Waals surface area contributed by atoms with E-state index >= 15 is 0 Å². The molecule has 2 aromatic rings. The maximum absolute atomic E-state index is 12.2. The van der Waals surface area contributed by atoms with E-state index in [-0.39, 0.29) is 23.1 Å². The Kier molecular flexibility index (Phi) is 4.84. The van der Waals surface area contributed by atoms with Gasteiger partial charge in [0.15, 0.2) is 0 Å². The molecule has 0 fully saturated rings. The summed E-state index contributed by atoms with van der Waals surface area (Å²) in [6.45, 7) is 0.0585. The molecule has 0 spiro atoms. The molecule has 3 rings (SSSR count). The zero-order chi connectivity index (χ0) is 18.9. The highest BCUT2D eigenvalue weighted by Gasteiger charge is 2.31. The number of nitrogens with zero attached hydrogens (tertiary/aromatic N) is 1. The predicted octanol–water partition coefficient (Wildman–Crippen LogP) is 3.61. The second-order valence-electron chi connectivity index (χ2n) is 5.23. The quantitative estimate of drug-likeness (QED) is 0.749. The molecule has 0 saturated carbocycles. The lowest BCUT2D eigenvalue weighted by atomic mass is 10.2. The molecule has 1 heterocycles. The zero-order valence-electron chi connectivity index (χ0n) is 12.8. The molecule has 0 aliphatic carbocycles. The summed E-state index contributed by atoms with van der Waals surface area (Å²) in [5.41, 5.74) is 0.953. The van der Waals surface area contributed by atoms with E-state index < -0.39 is 16.4 Å². The first-order valence-corrected chi connectivity index (χ1v) is 9.38. The van der Waals surface area contributed by atoms with E-state index in [4.69, 9.17) is 0 Å². The van der Waals surface area contributed by atoms with Crippen LogP contribution >= 0.6 is 15.9 Å². The van der Waals surface area contributed by atoms with E-state index in [2.05, 4.69) is 35.7 Å². The Hall–Kier alpha value is -2.27. The summed E-state index contributed by atoms with van der Waals surface area (Å²) in [4.78, 5) is 4.20. The third kappa shape index (κ3) is 4.47. The number of rotatable bonds is 3. The summed E-state index contributed by atoms with van der Waals surface area (Å²) in [7, 11) is -3.76. The van der Waals surface area contributed by atoms with Crippen molar-refractivity contribution in [2.24, 2.45) is 4.99 Å². The molecule has 1 aliphatic rings. The van der Waals surface area contributed by atoms with Gasteiger partial charge in [-0.3, -0.25) is 0 Å². The largest absolute Gasteiger partial charge is 0.573 e. The molecule has 26 heavy (non-hydrogen) atoms. The second kappa shape index (κ2) is 6.80. The van der Waals surface area contributed by atoms with Crippen LogP contribution in [0.1, 0.15) is 5.56 Å². The van der Waals surface area contributed by atoms with Gasteiger partial charge in [0, 0.05) is 4.47 Å². The fourth-order valence-corrected chi connectivity index (χ4v) is 3.88. The Bertz CT molecular complexity index is 960. The molecule has 1 aliphatic heterocycles. The topological polar surface area (TPSA) is 79.8 Å². The van der Waals surface area contributed by atoms with Gasteiger partial charge in [-0.2, -0.15) is 0 Å².